The number of carbonyl (C=O) groups is 1. The van der Waals surface area contributed by atoms with Crippen molar-refractivity contribution in [2.45, 2.75) is 31.7 Å². The van der Waals surface area contributed by atoms with E-state index < -0.39 is 0 Å². The van der Waals surface area contributed by atoms with Gasteiger partial charge in [0.15, 0.2) is 11.5 Å². The van der Waals surface area contributed by atoms with Crippen molar-refractivity contribution in [3.8, 4) is 11.3 Å². The van der Waals surface area contributed by atoms with Crippen molar-refractivity contribution in [2.24, 2.45) is 11.7 Å². The van der Waals surface area contributed by atoms with E-state index in [0.717, 1.165) is 24.8 Å². The average molecular weight is 373 g/mol. The zero-order chi connectivity index (χ0) is 15.4. The van der Waals surface area contributed by atoms with Gasteiger partial charge in [-0.15, -0.1) is 24.8 Å². The van der Waals surface area contributed by atoms with Crippen LogP contribution in [0, 0.1) is 5.92 Å². The summed E-state index contributed by atoms with van der Waals surface area (Å²) in [5, 5.41) is 6.92. The fourth-order valence-electron chi connectivity index (χ4n) is 2.96. The minimum atomic E-state index is -0.200. The fourth-order valence-corrected chi connectivity index (χ4v) is 2.96. The molecule has 8 heteroatoms. The molecule has 0 aromatic carbocycles. The van der Waals surface area contributed by atoms with Crippen LogP contribution in [-0.4, -0.2) is 28.6 Å². The van der Waals surface area contributed by atoms with Crippen LogP contribution in [0.3, 0.4) is 0 Å². The van der Waals surface area contributed by atoms with Gasteiger partial charge in [-0.1, -0.05) is 18.0 Å². The Hall–Kier alpha value is -1.63. The molecule has 0 saturated heterocycles. The van der Waals surface area contributed by atoms with Crippen molar-refractivity contribution in [3.63, 3.8) is 0 Å². The first-order valence-electron chi connectivity index (χ1n) is 7.66. The zero-order valence-corrected chi connectivity index (χ0v) is 14.8. The van der Waals surface area contributed by atoms with Gasteiger partial charge in [0, 0.05) is 30.1 Å². The van der Waals surface area contributed by atoms with E-state index in [1.807, 2.05) is 12.1 Å². The van der Waals surface area contributed by atoms with Crippen molar-refractivity contribution < 1.29 is 9.32 Å². The van der Waals surface area contributed by atoms with Crippen molar-refractivity contribution in [3.05, 3.63) is 36.3 Å². The van der Waals surface area contributed by atoms with Gasteiger partial charge in [-0.25, -0.2) is 0 Å². The van der Waals surface area contributed by atoms with Crippen LogP contribution in [0.5, 0.6) is 0 Å². The predicted octanol–water partition coefficient (Wildman–Crippen LogP) is 2.83. The van der Waals surface area contributed by atoms with Gasteiger partial charge in [-0.3, -0.25) is 9.78 Å². The van der Waals surface area contributed by atoms with Gasteiger partial charge in [0.2, 0.25) is 0 Å². The SMILES string of the molecule is Cl.Cl.NCC1CCCCC1NC(=O)c1cc(-c2ccncc2)on1. The van der Waals surface area contributed by atoms with E-state index in [0.29, 0.717) is 23.9 Å². The third-order valence-corrected chi connectivity index (χ3v) is 4.24. The highest BCUT2D eigenvalue weighted by atomic mass is 35.5. The van der Waals surface area contributed by atoms with Crippen LogP contribution in [0.25, 0.3) is 11.3 Å². The molecule has 0 bridgehead atoms. The van der Waals surface area contributed by atoms with Crippen molar-refractivity contribution in [1.29, 1.82) is 0 Å². The molecule has 2 aromatic heterocycles. The molecule has 1 aliphatic carbocycles. The van der Waals surface area contributed by atoms with Gasteiger partial charge in [-0.2, -0.15) is 0 Å². The van der Waals surface area contributed by atoms with Crippen LogP contribution in [0.1, 0.15) is 36.2 Å². The summed E-state index contributed by atoms with van der Waals surface area (Å²) in [5.74, 6) is 0.713. The number of nitrogens with two attached hydrogens (primary N) is 1. The Balaban J connectivity index is 0.00000144. The molecule has 2 heterocycles. The third kappa shape index (κ3) is 4.69. The molecule has 0 spiro atoms. The summed E-state index contributed by atoms with van der Waals surface area (Å²) in [6, 6.07) is 5.42. The van der Waals surface area contributed by atoms with Crippen LogP contribution in [0.4, 0.5) is 0 Å². The summed E-state index contributed by atoms with van der Waals surface area (Å²) in [7, 11) is 0. The molecule has 0 aliphatic heterocycles. The zero-order valence-electron chi connectivity index (χ0n) is 13.2. The van der Waals surface area contributed by atoms with E-state index in [-0.39, 0.29) is 36.8 Å². The normalized spacial score (nSPS) is 19.7. The van der Waals surface area contributed by atoms with Gasteiger partial charge in [-0.05, 0) is 37.4 Å². The molecule has 2 aromatic rings. The predicted molar refractivity (Wildman–Crippen MR) is 96.5 cm³/mol. The van der Waals surface area contributed by atoms with Gasteiger partial charge >= 0.3 is 0 Å². The topological polar surface area (TPSA) is 94.0 Å². The molecule has 3 rings (SSSR count). The molecule has 132 valence electrons. The van der Waals surface area contributed by atoms with Gasteiger partial charge in [0.1, 0.15) is 0 Å². The first-order chi connectivity index (χ1) is 10.8. The largest absolute Gasteiger partial charge is 0.355 e. The van der Waals surface area contributed by atoms with Gasteiger partial charge < -0.3 is 15.6 Å². The lowest BCUT2D eigenvalue weighted by molar-refractivity contribution is 0.0899. The van der Waals surface area contributed by atoms with Crippen molar-refractivity contribution in [2.75, 3.05) is 6.54 Å². The number of amides is 1. The molecule has 2 unspecified atom stereocenters. The Bertz CT molecular complexity index is 636. The molecule has 2 atom stereocenters. The highest BCUT2D eigenvalue weighted by Crippen LogP contribution is 2.24. The molecule has 6 nitrogen and oxygen atoms in total. The third-order valence-electron chi connectivity index (χ3n) is 4.24. The summed E-state index contributed by atoms with van der Waals surface area (Å²) < 4.78 is 5.25. The molecule has 24 heavy (non-hydrogen) atoms. The number of pyridine rings is 1. The molecular weight excluding hydrogens is 351 g/mol. The number of rotatable bonds is 4. The summed E-state index contributed by atoms with van der Waals surface area (Å²) in [5.41, 5.74) is 6.94. The fraction of sp³-hybridized carbons (Fsp3) is 0.438. The first kappa shape index (κ1) is 20.4. The number of aromatic nitrogens is 2. The van der Waals surface area contributed by atoms with E-state index in [1.165, 1.54) is 6.42 Å². The summed E-state index contributed by atoms with van der Waals surface area (Å²) in [6.07, 6.45) is 7.70. The second kappa shape index (κ2) is 9.61. The summed E-state index contributed by atoms with van der Waals surface area (Å²) >= 11 is 0. The van der Waals surface area contributed by atoms with Gasteiger partial charge in [0.25, 0.3) is 5.91 Å². The number of hydrogen-bond acceptors (Lipinski definition) is 5. The molecule has 1 fully saturated rings. The Kier molecular flexibility index (Phi) is 8.18. The summed E-state index contributed by atoms with van der Waals surface area (Å²) in [6.45, 7) is 0.603. The minimum Gasteiger partial charge on any atom is -0.355 e. The second-order valence-corrected chi connectivity index (χ2v) is 5.67. The highest BCUT2D eigenvalue weighted by molar-refractivity contribution is 5.93. The molecular formula is C16H22Cl2N4O2. The number of nitrogens with zero attached hydrogens (tertiary/aromatic N) is 2. The number of hydrogen-bond donors (Lipinski definition) is 2. The number of nitrogens with one attached hydrogen (secondary N) is 1. The molecule has 1 amide bonds. The first-order valence-corrected chi connectivity index (χ1v) is 7.66. The smallest absolute Gasteiger partial charge is 0.273 e. The van der Waals surface area contributed by atoms with E-state index in [2.05, 4.69) is 15.5 Å². The van der Waals surface area contributed by atoms with E-state index >= 15 is 0 Å². The molecule has 1 aliphatic rings. The monoisotopic (exact) mass is 372 g/mol. The minimum absolute atomic E-state index is 0. The van der Waals surface area contributed by atoms with Crippen LogP contribution < -0.4 is 11.1 Å². The molecule has 3 N–H and O–H groups in total. The standard InChI is InChI=1S/C16H20N4O2.2ClH/c17-10-12-3-1-2-4-13(12)19-16(21)14-9-15(22-20-14)11-5-7-18-8-6-11;;/h5-9,12-13H,1-4,10,17H2,(H,19,21);2*1H. The lowest BCUT2D eigenvalue weighted by atomic mass is 9.84. The number of halogens is 2. The van der Waals surface area contributed by atoms with Crippen LogP contribution in [0.15, 0.2) is 35.1 Å². The second-order valence-electron chi connectivity index (χ2n) is 5.67. The van der Waals surface area contributed by atoms with Crippen molar-refractivity contribution in [1.82, 2.24) is 15.5 Å². The van der Waals surface area contributed by atoms with Crippen LogP contribution in [-0.2, 0) is 0 Å². The quantitative estimate of drug-likeness (QED) is 0.860. The van der Waals surface area contributed by atoms with Crippen molar-refractivity contribution >= 4 is 30.7 Å². The average Bonchev–Trinajstić information content (AvgIpc) is 3.06. The molecule has 1 saturated carbocycles. The van der Waals surface area contributed by atoms with Gasteiger partial charge in [0.05, 0.1) is 0 Å². The Labute approximate surface area is 153 Å². The maximum absolute atomic E-state index is 12.3. The Morgan fingerprint density at radius 3 is 2.67 bits per heavy atom. The van der Waals surface area contributed by atoms with E-state index in [9.17, 15) is 4.79 Å². The Morgan fingerprint density at radius 1 is 1.25 bits per heavy atom. The Morgan fingerprint density at radius 2 is 1.96 bits per heavy atom. The number of carbonyl (C=O) groups excluding carboxylic acids is 1. The van der Waals surface area contributed by atoms with E-state index in [4.69, 9.17) is 10.3 Å². The van der Waals surface area contributed by atoms with Crippen LogP contribution in [0.2, 0.25) is 0 Å². The lowest BCUT2D eigenvalue weighted by Crippen LogP contribution is -2.44. The lowest BCUT2D eigenvalue weighted by Gasteiger charge is -2.30. The van der Waals surface area contributed by atoms with Crippen LogP contribution >= 0.6 is 24.8 Å². The summed E-state index contributed by atoms with van der Waals surface area (Å²) in [4.78, 5) is 16.3. The van der Waals surface area contributed by atoms with E-state index in [1.54, 1.807) is 18.5 Å². The maximum atomic E-state index is 12.3. The highest BCUT2D eigenvalue weighted by Gasteiger charge is 2.26. The maximum Gasteiger partial charge on any atom is 0.273 e. The molecule has 0 radical (unpaired) electrons.